The van der Waals surface area contributed by atoms with Crippen molar-refractivity contribution in [2.24, 2.45) is 0 Å². The fraction of sp³-hybridized carbons (Fsp3) is 0.500. The zero-order chi connectivity index (χ0) is 8.81. The fourth-order valence-electron chi connectivity index (χ4n) is 0.815. The van der Waals surface area contributed by atoms with Crippen LogP contribution in [-0.2, 0) is 6.54 Å². The average Bonchev–Trinajstić information content (AvgIpc) is 2.46. The van der Waals surface area contributed by atoms with Gasteiger partial charge in [0.15, 0.2) is 0 Å². The first kappa shape index (κ1) is 8.60. The van der Waals surface area contributed by atoms with Crippen LogP contribution < -0.4 is 5.69 Å². The average molecular weight is 165 g/mol. The van der Waals surface area contributed by atoms with Crippen LogP contribution in [0.2, 0.25) is 0 Å². The molecule has 4 heteroatoms. The minimum Gasteiger partial charge on any atom is -0.295 e. The summed E-state index contributed by atoms with van der Waals surface area (Å²) in [4.78, 5) is 13.3. The van der Waals surface area contributed by atoms with Gasteiger partial charge in [-0.1, -0.05) is 6.92 Å². The van der Waals surface area contributed by atoms with Crippen molar-refractivity contribution in [1.29, 1.82) is 0 Å². The minimum atomic E-state index is -0.173. The Labute approximate surface area is 70.6 Å². The second-order valence-corrected chi connectivity index (χ2v) is 2.27. The van der Waals surface area contributed by atoms with E-state index in [0.717, 1.165) is 6.42 Å². The predicted molar refractivity (Wildman–Crippen MR) is 45.5 cm³/mol. The van der Waals surface area contributed by atoms with E-state index in [4.69, 9.17) is 0 Å². The van der Waals surface area contributed by atoms with Crippen molar-refractivity contribution in [3.05, 3.63) is 16.8 Å². The van der Waals surface area contributed by atoms with Gasteiger partial charge in [-0.2, -0.15) is 5.10 Å². The van der Waals surface area contributed by atoms with Crippen molar-refractivity contribution < 1.29 is 0 Å². The van der Waals surface area contributed by atoms with Crippen LogP contribution in [0.1, 0.15) is 19.8 Å². The van der Waals surface area contributed by atoms with Crippen LogP contribution >= 0.6 is 0 Å². The van der Waals surface area contributed by atoms with E-state index < -0.39 is 0 Å². The number of aromatic nitrogens is 3. The standard InChI is InChI=1S/C8H11N3O/c1-2-3-4-5-6-11-8(12)9-7-10-11/h7H,2,5-6H2,1H3,(H,9,10,12). The van der Waals surface area contributed by atoms with E-state index in [2.05, 4.69) is 21.9 Å². The van der Waals surface area contributed by atoms with Gasteiger partial charge in [0.05, 0.1) is 6.54 Å². The molecule has 0 aliphatic carbocycles. The fourth-order valence-corrected chi connectivity index (χ4v) is 0.815. The number of hydrogen-bond acceptors (Lipinski definition) is 2. The van der Waals surface area contributed by atoms with Gasteiger partial charge in [-0.05, 0) is 0 Å². The van der Waals surface area contributed by atoms with Gasteiger partial charge >= 0.3 is 5.69 Å². The van der Waals surface area contributed by atoms with Crippen molar-refractivity contribution in [3.63, 3.8) is 0 Å². The first-order valence-corrected chi connectivity index (χ1v) is 3.91. The van der Waals surface area contributed by atoms with E-state index in [1.54, 1.807) is 0 Å². The molecule has 0 aliphatic heterocycles. The molecule has 0 unspecified atom stereocenters. The third-order valence-electron chi connectivity index (χ3n) is 1.37. The molecule has 0 saturated heterocycles. The SMILES string of the molecule is CCC#CCCn1nc[nH]c1=O. The molecule has 1 aromatic heterocycles. The van der Waals surface area contributed by atoms with Crippen LogP contribution in [0, 0.1) is 11.8 Å². The summed E-state index contributed by atoms with van der Waals surface area (Å²) in [6, 6.07) is 0. The highest BCUT2D eigenvalue weighted by Crippen LogP contribution is 1.80. The van der Waals surface area contributed by atoms with Crippen molar-refractivity contribution >= 4 is 0 Å². The molecule has 0 atom stereocenters. The third kappa shape index (κ3) is 2.27. The van der Waals surface area contributed by atoms with E-state index in [9.17, 15) is 4.79 Å². The Hall–Kier alpha value is -1.50. The molecule has 4 nitrogen and oxygen atoms in total. The lowest BCUT2D eigenvalue weighted by Crippen LogP contribution is -2.17. The lowest BCUT2D eigenvalue weighted by molar-refractivity contribution is 0.606. The maximum Gasteiger partial charge on any atom is 0.343 e. The lowest BCUT2D eigenvalue weighted by atomic mass is 10.4. The summed E-state index contributed by atoms with van der Waals surface area (Å²) >= 11 is 0. The molecule has 0 radical (unpaired) electrons. The molecule has 1 aromatic rings. The molecule has 0 bridgehead atoms. The Morgan fingerprint density at radius 3 is 3.08 bits per heavy atom. The van der Waals surface area contributed by atoms with E-state index in [1.807, 2.05) is 6.92 Å². The van der Waals surface area contributed by atoms with Crippen LogP contribution in [0.15, 0.2) is 11.1 Å². The Balaban J connectivity index is 2.44. The van der Waals surface area contributed by atoms with Crippen LogP contribution in [0.4, 0.5) is 0 Å². The van der Waals surface area contributed by atoms with Crippen LogP contribution in [0.25, 0.3) is 0 Å². The van der Waals surface area contributed by atoms with Gasteiger partial charge in [0.25, 0.3) is 0 Å². The minimum absolute atomic E-state index is 0.173. The summed E-state index contributed by atoms with van der Waals surface area (Å²) in [7, 11) is 0. The van der Waals surface area contributed by atoms with Gasteiger partial charge in [0, 0.05) is 12.8 Å². The van der Waals surface area contributed by atoms with Gasteiger partial charge < -0.3 is 0 Å². The maximum atomic E-state index is 10.9. The zero-order valence-corrected chi connectivity index (χ0v) is 7.00. The smallest absolute Gasteiger partial charge is 0.295 e. The van der Waals surface area contributed by atoms with Crippen LogP contribution in [0.5, 0.6) is 0 Å². The Morgan fingerprint density at radius 1 is 1.67 bits per heavy atom. The number of aromatic amines is 1. The second kappa shape index (κ2) is 4.39. The Bertz CT molecular complexity index is 339. The van der Waals surface area contributed by atoms with E-state index >= 15 is 0 Å². The summed E-state index contributed by atoms with van der Waals surface area (Å²) in [5.74, 6) is 5.86. The molecule has 0 aromatic carbocycles. The monoisotopic (exact) mass is 165 g/mol. The molecule has 1 heterocycles. The number of nitrogens with zero attached hydrogens (tertiary/aromatic N) is 2. The first-order valence-electron chi connectivity index (χ1n) is 3.91. The third-order valence-corrected chi connectivity index (χ3v) is 1.37. The van der Waals surface area contributed by atoms with Gasteiger partial charge in [0.1, 0.15) is 6.33 Å². The maximum absolute atomic E-state index is 10.9. The molecule has 0 fully saturated rings. The molecule has 12 heavy (non-hydrogen) atoms. The summed E-state index contributed by atoms with van der Waals surface area (Å²) in [6.07, 6.45) is 2.92. The topological polar surface area (TPSA) is 50.7 Å². The highest BCUT2D eigenvalue weighted by molar-refractivity contribution is 4.97. The quantitative estimate of drug-likeness (QED) is 0.644. The number of hydrogen-bond donors (Lipinski definition) is 1. The van der Waals surface area contributed by atoms with Gasteiger partial charge in [-0.25, -0.2) is 9.48 Å². The highest BCUT2D eigenvalue weighted by Gasteiger charge is 1.93. The summed E-state index contributed by atoms with van der Waals surface area (Å²) in [5.41, 5.74) is -0.173. The molecular weight excluding hydrogens is 154 g/mol. The van der Waals surface area contributed by atoms with Crippen molar-refractivity contribution in [2.45, 2.75) is 26.3 Å². The van der Waals surface area contributed by atoms with E-state index in [1.165, 1.54) is 11.0 Å². The number of aryl methyl sites for hydroxylation is 1. The van der Waals surface area contributed by atoms with Crippen LogP contribution in [0.3, 0.4) is 0 Å². The van der Waals surface area contributed by atoms with Crippen LogP contribution in [-0.4, -0.2) is 14.8 Å². The Kier molecular flexibility index (Phi) is 3.15. The van der Waals surface area contributed by atoms with Crippen molar-refractivity contribution in [1.82, 2.24) is 14.8 Å². The number of nitrogens with one attached hydrogen (secondary N) is 1. The number of H-pyrrole nitrogens is 1. The van der Waals surface area contributed by atoms with E-state index in [-0.39, 0.29) is 5.69 Å². The molecule has 0 aliphatic rings. The second-order valence-electron chi connectivity index (χ2n) is 2.27. The Morgan fingerprint density at radius 2 is 2.50 bits per heavy atom. The molecule has 0 saturated carbocycles. The largest absolute Gasteiger partial charge is 0.343 e. The van der Waals surface area contributed by atoms with Gasteiger partial charge in [0.2, 0.25) is 0 Å². The van der Waals surface area contributed by atoms with Crippen molar-refractivity contribution in [2.75, 3.05) is 0 Å². The van der Waals surface area contributed by atoms with Gasteiger partial charge in [-0.15, -0.1) is 11.8 Å². The summed E-state index contributed by atoms with van der Waals surface area (Å²) < 4.78 is 1.37. The highest BCUT2D eigenvalue weighted by atomic mass is 16.1. The molecular formula is C8H11N3O. The van der Waals surface area contributed by atoms with Crippen molar-refractivity contribution in [3.8, 4) is 11.8 Å². The summed E-state index contributed by atoms with van der Waals surface area (Å²) in [5, 5.41) is 3.79. The first-order chi connectivity index (χ1) is 5.84. The normalized spacial score (nSPS) is 9.08. The zero-order valence-electron chi connectivity index (χ0n) is 7.00. The number of rotatable bonds is 2. The van der Waals surface area contributed by atoms with Gasteiger partial charge in [-0.3, -0.25) is 4.98 Å². The van der Waals surface area contributed by atoms with E-state index in [0.29, 0.717) is 13.0 Å². The molecule has 1 N–H and O–H groups in total. The molecule has 64 valence electrons. The molecule has 0 spiro atoms. The molecule has 0 amide bonds. The lowest BCUT2D eigenvalue weighted by Gasteiger charge is -1.90. The summed E-state index contributed by atoms with van der Waals surface area (Å²) in [6.45, 7) is 2.56. The predicted octanol–water partition coefficient (Wildman–Crippen LogP) is 0.375. The molecule has 1 rings (SSSR count).